The maximum atomic E-state index is 12.2. The Hall–Kier alpha value is -0.290. The second-order valence-electron chi connectivity index (χ2n) is 3.95. The van der Waals surface area contributed by atoms with Gasteiger partial charge in [0.25, 0.3) is 0 Å². The zero-order valence-corrected chi connectivity index (χ0v) is 9.86. The molecular weight excluding hydrogens is 205 g/mol. The van der Waals surface area contributed by atoms with Gasteiger partial charge in [0.1, 0.15) is 0 Å². The lowest BCUT2D eigenvalue weighted by Crippen LogP contribution is -2.45. The highest BCUT2D eigenvalue weighted by Crippen LogP contribution is 2.20. The molecule has 15 heavy (non-hydrogen) atoms. The summed E-state index contributed by atoms with van der Waals surface area (Å²) in [6.07, 6.45) is -4.11. The number of rotatable bonds is 6. The minimum absolute atomic E-state index is 0.0657. The van der Waals surface area contributed by atoms with Crippen molar-refractivity contribution in [2.24, 2.45) is 5.92 Å². The van der Waals surface area contributed by atoms with Gasteiger partial charge in [0.15, 0.2) is 0 Å². The molecule has 0 aromatic carbocycles. The van der Waals surface area contributed by atoms with Crippen LogP contribution in [0.1, 0.15) is 20.8 Å². The number of halogens is 3. The lowest BCUT2D eigenvalue weighted by molar-refractivity contribution is -0.151. The van der Waals surface area contributed by atoms with Crippen molar-refractivity contribution in [3.8, 4) is 0 Å². The molecule has 0 aliphatic heterocycles. The second kappa shape index (κ2) is 6.33. The minimum Gasteiger partial charge on any atom is -0.319 e. The number of hydrogen-bond donors (Lipinski definition) is 1. The Morgan fingerprint density at radius 3 is 2.13 bits per heavy atom. The summed E-state index contributed by atoms with van der Waals surface area (Å²) in [5.41, 5.74) is 0. The Labute approximate surface area is 89.8 Å². The summed E-state index contributed by atoms with van der Waals surface area (Å²) < 4.78 is 36.7. The van der Waals surface area contributed by atoms with E-state index in [2.05, 4.69) is 5.32 Å². The van der Waals surface area contributed by atoms with Crippen LogP contribution in [0.5, 0.6) is 0 Å². The molecule has 2 nitrogen and oxygen atoms in total. The molecule has 0 aromatic rings. The molecule has 0 bridgehead atoms. The molecule has 0 aromatic heterocycles. The zero-order chi connectivity index (χ0) is 12.1. The van der Waals surface area contributed by atoms with Gasteiger partial charge in [0.2, 0.25) is 0 Å². The van der Waals surface area contributed by atoms with Gasteiger partial charge in [0, 0.05) is 6.04 Å². The molecule has 92 valence electrons. The van der Waals surface area contributed by atoms with E-state index in [1.165, 1.54) is 4.90 Å². The highest BCUT2D eigenvalue weighted by molar-refractivity contribution is 4.75. The van der Waals surface area contributed by atoms with Crippen molar-refractivity contribution < 1.29 is 13.2 Å². The van der Waals surface area contributed by atoms with E-state index in [0.29, 0.717) is 6.54 Å². The molecule has 0 heterocycles. The van der Waals surface area contributed by atoms with Crippen LogP contribution in [0.3, 0.4) is 0 Å². The minimum atomic E-state index is -4.11. The fraction of sp³-hybridized carbons (Fsp3) is 1.00. The fourth-order valence-corrected chi connectivity index (χ4v) is 1.63. The number of nitrogens with zero attached hydrogens (tertiary/aromatic N) is 1. The average molecular weight is 226 g/mol. The van der Waals surface area contributed by atoms with Crippen molar-refractivity contribution in [2.75, 3.05) is 26.7 Å². The Morgan fingerprint density at radius 1 is 1.27 bits per heavy atom. The quantitative estimate of drug-likeness (QED) is 0.746. The third-order valence-electron chi connectivity index (χ3n) is 2.71. The third kappa shape index (κ3) is 5.99. The third-order valence-corrected chi connectivity index (χ3v) is 2.71. The first-order valence-corrected chi connectivity index (χ1v) is 5.27. The normalized spacial score (nSPS) is 16.8. The van der Waals surface area contributed by atoms with Crippen molar-refractivity contribution in [3.63, 3.8) is 0 Å². The predicted octanol–water partition coefficient (Wildman–Crippen LogP) is 2.11. The molecule has 0 rings (SSSR count). The Morgan fingerprint density at radius 2 is 1.80 bits per heavy atom. The summed E-state index contributed by atoms with van der Waals surface area (Å²) in [5.74, 6) is 0.206. The van der Waals surface area contributed by atoms with Gasteiger partial charge in [-0.1, -0.05) is 13.8 Å². The van der Waals surface area contributed by atoms with Crippen LogP contribution in [0.2, 0.25) is 0 Å². The number of alkyl halides is 3. The molecule has 0 aliphatic carbocycles. The van der Waals surface area contributed by atoms with E-state index < -0.39 is 12.7 Å². The molecule has 0 aliphatic rings. The molecular formula is C10H21F3N2. The van der Waals surface area contributed by atoms with Gasteiger partial charge in [-0.2, -0.15) is 13.2 Å². The van der Waals surface area contributed by atoms with Gasteiger partial charge in [-0.25, -0.2) is 0 Å². The first-order valence-electron chi connectivity index (χ1n) is 5.27. The summed E-state index contributed by atoms with van der Waals surface area (Å²) >= 11 is 0. The molecule has 1 N–H and O–H groups in total. The summed E-state index contributed by atoms with van der Waals surface area (Å²) in [5, 5.41) is 2.98. The van der Waals surface area contributed by atoms with E-state index in [1.807, 2.05) is 20.9 Å². The molecule has 0 amide bonds. The number of nitrogens with one attached hydrogen (secondary N) is 1. The lowest BCUT2D eigenvalue weighted by Gasteiger charge is -2.32. The van der Waals surface area contributed by atoms with Crippen LogP contribution in [0.4, 0.5) is 13.2 Å². The van der Waals surface area contributed by atoms with Gasteiger partial charge < -0.3 is 5.32 Å². The van der Waals surface area contributed by atoms with Crippen LogP contribution in [0, 0.1) is 5.92 Å². The summed E-state index contributed by atoms with van der Waals surface area (Å²) in [4.78, 5) is 1.46. The first kappa shape index (κ1) is 14.7. The van der Waals surface area contributed by atoms with Crippen molar-refractivity contribution in [2.45, 2.75) is 33.0 Å². The SMILES string of the molecule is CCN(CC(F)(F)F)C(C)C(C)CNC. The van der Waals surface area contributed by atoms with Gasteiger partial charge in [0.05, 0.1) is 6.54 Å². The Bertz CT molecular complexity index is 171. The molecule has 0 fully saturated rings. The smallest absolute Gasteiger partial charge is 0.319 e. The van der Waals surface area contributed by atoms with Crippen LogP contribution in [0.15, 0.2) is 0 Å². The van der Waals surface area contributed by atoms with Crippen LogP contribution in [0.25, 0.3) is 0 Å². The maximum Gasteiger partial charge on any atom is 0.401 e. The predicted molar refractivity (Wildman–Crippen MR) is 55.9 cm³/mol. The number of hydrogen-bond acceptors (Lipinski definition) is 2. The molecule has 0 saturated carbocycles. The van der Waals surface area contributed by atoms with Crippen LogP contribution in [-0.4, -0.2) is 43.8 Å². The van der Waals surface area contributed by atoms with Gasteiger partial charge in [-0.15, -0.1) is 0 Å². The molecule has 2 unspecified atom stereocenters. The van der Waals surface area contributed by atoms with E-state index in [0.717, 1.165) is 6.54 Å². The summed E-state index contributed by atoms with van der Waals surface area (Å²) in [6, 6.07) is -0.0657. The molecule has 5 heteroatoms. The van der Waals surface area contributed by atoms with Gasteiger partial charge in [-0.05, 0) is 33.0 Å². The van der Waals surface area contributed by atoms with Crippen LogP contribution in [-0.2, 0) is 0 Å². The zero-order valence-electron chi connectivity index (χ0n) is 9.86. The van der Waals surface area contributed by atoms with E-state index in [4.69, 9.17) is 0 Å². The van der Waals surface area contributed by atoms with Crippen molar-refractivity contribution in [3.05, 3.63) is 0 Å². The monoisotopic (exact) mass is 226 g/mol. The molecule has 0 radical (unpaired) electrons. The topological polar surface area (TPSA) is 15.3 Å². The van der Waals surface area contributed by atoms with Crippen LogP contribution < -0.4 is 5.32 Å². The van der Waals surface area contributed by atoms with Gasteiger partial charge in [-0.3, -0.25) is 4.90 Å². The first-order chi connectivity index (χ1) is 6.81. The Balaban J connectivity index is 4.27. The van der Waals surface area contributed by atoms with E-state index in [1.54, 1.807) is 6.92 Å². The standard InChI is InChI=1S/C10H21F3N2/c1-5-15(7-10(11,12)13)9(3)8(2)6-14-4/h8-9,14H,5-7H2,1-4H3. The van der Waals surface area contributed by atoms with Crippen LogP contribution >= 0.6 is 0 Å². The highest BCUT2D eigenvalue weighted by atomic mass is 19.4. The molecule has 2 atom stereocenters. The molecule has 0 saturated heterocycles. The Kier molecular flexibility index (Phi) is 6.20. The van der Waals surface area contributed by atoms with E-state index in [-0.39, 0.29) is 12.0 Å². The highest BCUT2D eigenvalue weighted by Gasteiger charge is 2.33. The van der Waals surface area contributed by atoms with Crippen molar-refractivity contribution in [1.29, 1.82) is 0 Å². The van der Waals surface area contributed by atoms with Crippen molar-refractivity contribution >= 4 is 0 Å². The van der Waals surface area contributed by atoms with Crippen molar-refractivity contribution in [1.82, 2.24) is 10.2 Å². The maximum absolute atomic E-state index is 12.2. The van der Waals surface area contributed by atoms with Gasteiger partial charge >= 0.3 is 6.18 Å². The fourth-order valence-electron chi connectivity index (χ4n) is 1.63. The molecule has 0 spiro atoms. The summed E-state index contributed by atoms with van der Waals surface area (Å²) in [6.45, 7) is 5.90. The lowest BCUT2D eigenvalue weighted by atomic mass is 10.0. The average Bonchev–Trinajstić information content (AvgIpc) is 2.12. The second-order valence-corrected chi connectivity index (χ2v) is 3.95. The van der Waals surface area contributed by atoms with E-state index >= 15 is 0 Å². The summed E-state index contributed by atoms with van der Waals surface area (Å²) in [7, 11) is 1.81. The largest absolute Gasteiger partial charge is 0.401 e. The van der Waals surface area contributed by atoms with E-state index in [9.17, 15) is 13.2 Å².